The van der Waals surface area contributed by atoms with Crippen LogP contribution in [0.5, 0.6) is 5.75 Å². The van der Waals surface area contributed by atoms with Gasteiger partial charge in [0.15, 0.2) is 0 Å². The Balaban J connectivity index is 1.66. The molecule has 0 spiro atoms. The van der Waals surface area contributed by atoms with E-state index in [1.54, 1.807) is 24.3 Å². The van der Waals surface area contributed by atoms with Crippen LogP contribution in [-0.4, -0.2) is 24.2 Å². The first kappa shape index (κ1) is 16.3. The summed E-state index contributed by atoms with van der Waals surface area (Å²) in [5, 5.41) is 0. The normalized spacial score (nSPS) is 36.3. The van der Waals surface area contributed by atoms with Crippen molar-refractivity contribution in [3.05, 3.63) is 24.3 Å². The summed E-state index contributed by atoms with van der Waals surface area (Å²) >= 11 is 0. The molecule has 4 atom stereocenters. The summed E-state index contributed by atoms with van der Waals surface area (Å²) in [4.78, 5) is 39.9. The molecule has 1 heterocycles. The lowest BCUT2D eigenvalue weighted by molar-refractivity contribution is -0.138. The molecule has 0 N–H and O–H groups in total. The first-order valence-electron chi connectivity index (χ1n) is 8.96. The highest BCUT2D eigenvalue weighted by atomic mass is 16.5. The van der Waals surface area contributed by atoms with E-state index in [0.717, 1.165) is 12.2 Å². The summed E-state index contributed by atoms with van der Waals surface area (Å²) in [7, 11) is 0. The lowest BCUT2D eigenvalue weighted by atomic mass is 9.68. The van der Waals surface area contributed by atoms with E-state index in [-0.39, 0.29) is 28.9 Å². The molecule has 1 saturated heterocycles. The van der Waals surface area contributed by atoms with Crippen molar-refractivity contribution < 1.29 is 19.1 Å². The molecule has 132 valence electrons. The fourth-order valence-corrected chi connectivity index (χ4v) is 5.25. The van der Waals surface area contributed by atoms with Gasteiger partial charge in [-0.25, -0.2) is 0 Å². The molecule has 3 aliphatic rings. The molecule has 0 aromatic heterocycles. The molecular formula is C20H23NO4. The Bertz CT molecular complexity index is 770. The summed E-state index contributed by atoms with van der Waals surface area (Å²) in [5.41, 5.74) is -0.514. The molecule has 5 heteroatoms. The van der Waals surface area contributed by atoms with Gasteiger partial charge in [-0.15, -0.1) is 0 Å². The minimum atomic E-state index is -0.689. The van der Waals surface area contributed by atoms with Crippen molar-refractivity contribution in [2.24, 2.45) is 22.7 Å². The van der Waals surface area contributed by atoms with Crippen LogP contribution in [0.1, 0.15) is 40.0 Å². The number of benzene rings is 1. The number of Topliss-reactive ketones (excluding diaryl/α,β-unsaturated/α-hetero) is 1. The number of imide groups is 1. The van der Waals surface area contributed by atoms with Crippen LogP contribution < -0.4 is 9.64 Å². The Kier molecular flexibility index (Phi) is 3.37. The molecule has 3 fully saturated rings. The molecule has 25 heavy (non-hydrogen) atoms. The molecule has 0 unspecified atom stereocenters. The van der Waals surface area contributed by atoms with Crippen LogP contribution in [0.4, 0.5) is 5.69 Å². The molecule has 2 aliphatic carbocycles. The minimum Gasteiger partial charge on any atom is -0.494 e. The molecule has 1 aliphatic heterocycles. The van der Waals surface area contributed by atoms with E-state index >= 15 is 0 Å². The van der Waals surface area contributed by atoms with Gasteiger partial charge in [-0.3, -0.25) is 19.3 Å². The molecule has 0 radical (unpaired) electrons. The van der Waals surface area contributed by atoms with E-state index in [9.17, 15) is 14.4 Å². The number of nitrogens with zero attached hydrogens (tertiary/aromatic N) is 1. The molecule has 2 amide bonds. The zero-order chi connectivity index (χ0) is 18.0. The molecule has 4 rings (SSSR count). The molecule has 2 bridgehead atoms. The monoisotopic (exact) mass is 341 g/mol. The molecule has 2 saturated carbocycles. The number of hydrogen-bond acceptors (Lipinski definition) is 4. The van der Waals surface area contributed by atoms with E-state index in [4.69, 9.17) is 4.74 Å². The molecule has 5 nitrogen and oxygen atoms in total. The number of ether oxygens (including phenoxy) is 1. The average molecular weight is 341 g/mol. The SMILES string of the molecule is CCCOc1ccc(N2C(=O)[C@@H]3[C@H](C2=O)[C@@]2(C)C[C@@]3(C)CC2=O)cc1. The highest BCUT2D eigenvalue weighted by Gasteiger charge is 2.74. The van der Waals surface area contributed by atoms with Crippen LogP contribution in [0.3, 0.4) is 0 Å². The number of anilines is 1. The van der Waals surface area contributed by atoms with E-state index < -0.39 is 11.3 Å². The van der Waals surface area contributed by atoms with Gasteiger partial charge in [0.25, 0.3) is 0 Å². The highest BCUT2D eigenvalue weighted by molar-refractivity contribution is 6.24. The smallest absolute Gasteiger partial charge is 0.238 e. The number of carbonyl (C=O) groups excluding carboxylic acids is 3. The van der Waals surface area contributed by atoms with E-state index in [0.29, 0.717) is 25.1 Å². The summed E-state index contributed by atoms with van der Waals surface area (Å²) < 4.78 is 5.56. The van der Waals surface area contributed by atoms with E-state index in [1.807, 2.05) is 20.8 Å². The summed E-state index contributed by atoms with van der Waals surface area (Å²) in [6.45, 7) is 6.51. The van der Waals surface area contributed by atoms with Crippen LogP contribution in [0.15, 0.2) is 24.3 Å². The standard InChI is InChI=1S/C20H23NO4/c1-4-9-25-13-7-5-12(6-8-13)21-17(23)15-16(18(21)24)20(3)11-19(15,2)10-14(20)22/h5-8,15-16H,4,9-11H2,1-3H3/t15-,16+,19+,20-/m0/s1. The van der Waals surface area contributed by atoms with Crippen LogP contribution in [0, 0.1) is 22.7 Å². The van der Waals surface area contributed by atoms with Crippen molar-refractivity contribution in [3.8, 4) is 5.75 Å². The van der Waals surface area contributed by atoms with Gasteiger partial charge in [-0.1, -0.05) is 20.8 Å². The maximum absolute atomic E-state index is 13.1. The average Bonchev–Trinajstić information content (AvgIpc) is 3.07. The van der Waals surface area contributed by atoms with Gasteiger partial charge in [0, 0.05) is 11.8 Å². The van der Waals surface area contributed by atoms with Gasteiger partial charge < -0.3 is 4.74 Å². The van der Waals surface area contributed by atoms with Crippen LogP contribution in [0.25, 0.3) is 0 Å². The second-order valence-corrected chi connectivity index (χ2v) is 8.16. The maximum Gasteiger partial charge on any atom is 0.238 e. The molecule has 1 aromatic carbocycles. The lowest BCUT2D eigenvalue weighted by Gasteiger charge is -2.30. The van der Waals surface area contributed by atoms with Gasteiger partial charge in [0.2, 0.25) is 11.8 Å². The Hall–Kier alpha value is -2.17. The summed E-state index contributed by atoms with van der Waals surface area (Å²) in [6, 6.07) is 7.05. The predicted octanol–water partition coefficient (Wildman–Crippen LogP) is 2.97. The Morgan fingerprint density at radius 1 is 1.08 bits per heavy atom. The fraction of sp³-hybridized carbons (Fsp3) is 0.550. The zero-order valence-corrected chi connectivity index (χ0v) is 14.9. The number of hydrogen-bond donors (Lipinski definition) is 0. The van der Waals surface area contributed by atoms with Crippen LogP contribution in [-0.2, 0) is 14.4 Å². The number of ketones is 1. The number of rotatable bonds is 4. The third-order valence-corrected chi connectivity index (χ3v) is 6.28. The van der Waals surface area contributed by atoms with Gasteiger partial charge in [0.1, 0.15) is 11.5 Å². The summed E-state index contributed by atoms with van der Waals surface area (Å²) in [5.74, 6) is -0.421. The van der Waals surface area contributed by atoms with Crippen molar-refractivity contribution in [2.75, 3.05) is 11.5 Å². The number of amides is 2. The topological polar surface area (TPSA) is 63.7 Å². The molecule has 1 aromatic rings. The zero-order valence-electron chi connectivity index (χ0n) is 14.9. The second kappa shape index (κ2) is 5.16. The van der Waals surface area contributed by atoms with E-state index in [2.05, 4.69) is 0 Å². The van der Waals surface area contributed by atoms with Crippen LogP contribution >= 0.6 is 0 Å². The quantitative estimate of drug-likeness (QED) is 0.790. The number of carbonyl (C=O) groups is 3. The first-order chi connectivity index (χ1) is 11.8. The maximum atomic E-state index is 13.1. The minimum absolute atomic E-state index is 0.127. The van der Waals surface area contributed by atoms with Crippen molar-refractivity contribution >= 4 is 23.3 Å². The lowest BCUT2D eigenvalue weighted by Crippen LogP contribution is -2.40. The first-order valence-corrected chi connectivity index (χ1v) is 8.96. The Morgan fingerprint density at radius 3 is 2.36 bits per heavy atom. The van der Waals surface area contributed by atoms with Crippen molar-refractivity contribution in [3.63, 3.8) is 0 Å². The largest absolute Gasteiger partial charge is 0.494 e. The molecular weight excluding hydrogens is 318 g/mol. The second-order valence-electron chi connectivity index (χ2n) is 8.16. The Morgan fingerprint density at radius 2 is 1.72 bits per heavy atom. The highest BCUT2D eigenvalue weighted by Crippen LogP contribution is 2.68. The van der Waals surface area contributed by atoms with Gasteiger partial charge in [0.05, 0.1) is 24.1 Å². The van der Waals surface area contributed by atoms with Gasteiger partial charge in [-0.05, 0) is 42.5 Å². The summed E-state index contributed by atoms with van der Waals surface area (Å²) in [6.07, 6.45) is 1.96. The predicted molar refractivity (Wildman–Crippen MR) is 92.2 cm³/mol. The van der Waals surface area contributed by atoms with Gasteiger partial charge >= 0.3 is 0 Å². The number of fused-ring (bicyclic) bond motifs is 5. The van der Waals surface area contributed by atoms with Crippen molar-refractivity contribution in [1.29, 1.82) is 0 Å². The van der Waals surface area contributed by atoms with Gasteiger partial charge in [-0.2, -0.15) is 0 Å². The van der Waals surface area contributed by atoms with E-state index in [1.165, 1.54) is 4.90 Å². The van der Waals surface area contributed by atoms with Crippen molar-refractivity contribution in [1.82, 2.24) is 0 Å². The Labute approximate surface area is 147 Å². The van der Waals surface area contributed by atoms with Crippen molar-refractivity contribution in [2.45, 2.75) is 40.0 Å². The third kappa shape index (κ3) is 2.04. The van der Waals surface area contributed by atoms with Crippen LogP contribution in [0.2, 0.25) is 0 Å². The third-order valence-electron chi connectivity index (χ3n) is 6.28. The fourth-order valence-electron chi connectivity index (χ4n) is 5.25.